The minimum Gasteiger partial charge on any atom is -0.352 e. The number of benzene rings is 1. The number of para-hydroxylation sites is 1. The number of amides is 1. The Hall–Kier alpha value is -1.86. The van der Waals surface area contributed by atoms with Crippen LogP contribution in [0.4, 0.5) is 0 Å². The quantitative estimate of drug-likeness (QED) is 0.466. The summed E-state index contributed by atoms with van der Waals surface area (Å²) in [6.07, 6.45) is 3.04. The smallest absolute Gasteiger partial charge is 0.262 e. The summed E-state index contributed by atoms with van der Waals surface area (Å²) < 4.78 is 1.76. The van der Waals surface area contributed by atoms with Crippen LogP contribution < -0.4 is 15.8 Å². The summed E-state index contributed by atoms with van der Waals surface area (Å²) in [6.45, 7) is 10.1. The van der Waals surface area contributed by atoms with E-state index in [2.05, 4.69) is 19.2 Å². The summed E-state index contributed by atoms with van der Waals surface area (Å²) in [5, 5.41) is 4.03. The number of hydrogen-bond donors (Lipinski definition) is 2. The van der Waals surface area contributed by atoms with Crippen molar-refractivity contribution in [2.75, 3.05) is 19.6 Å². The van der Waals surface area contributed by atoms with Gasteiger partial charge in [0.05, 0.1) is 35.8 Å². The van der Waals surface area contributed by atoms with E-state index in [9.17, 15) is 9.59 Å². The van der Waals surface area contributed by atoms with E-state index in [1.54, 1.807) is 4.57 Å². The number of rotatable bonds is 10. The van der Waals surface area contributed by atoms with E-state index in [-0.39, 0.29) is 16.7 Å². The number of thioether (sulfide) groups is 1. The van der Waals surface area contributed by atoms with Gasteiger partial charge in [-0.05, 0) is 45.7 Å². The molecule has 152 valence electrons. The van der Waals surface area contributed by atoms with Gasteiger partial charge in [0.15, 0.2) is 5.16 Å². The molecule has 1 aliphatic rings. The topological polar surface area (TPSA) is 68.4 Å². The lowest BCUT2D eigenvalue weighted by atomic mass is 10.2. The Labute approximate surface area is 170 Å². The molecule has 1 saturated carbocycles. The molecule has 1 amide bonds. The van der Waals surface area contributed by atoms with Crippen LogP contribution in [0.5, 0.6) is 0 Å². The Bertz CT molecular complexity index is 874. The maximum atomic E-state index is 13.1. The van der Waals surface area contributed by atoms with E-state index in [0.29, 0.717) is 28.6 Å². The molecule has 2 N–H and O–H groups in total. The highest BCUT2D eigenvalue weighted by molar-refractivity contribution is 8.00. The maximum absolute atomic E-state index is 13.1. The van der Waals surface area contributed by atoms with E-state index >= 15 is 0 Å². The van der Waals surface area contributed by atoms with Crippen LogP contribution >= 0.6 is 11.8 Å². The Morgan fingerprint density at radius 2 is 2.04 bits per heavy atom. The van der Waals surface area contributed by atoms with Gasteiger partial charge < -0.3 is 10.2 Å². The number of fused-ring (bicyclic) bond motifs is 1. The molecule has 2 aromatic rings. The number of nitrogens with zero attached hydrogens (tertiary/aromatic N) is 2. The van der Waals surface area contributed by atoms with Crippen LogP contribution in [0.3, 0.4) is 0 Å². The molecule has 1 aromatic heterocycles. The fourth-order valence-corrected chi connectivity index (χ4v) is 4.23. The van der Waals surface area contributed by atoms with Crippen LogP contribution in [0.25, 0.3) is 10.9 Å². The first-order chi connectivity index (χ1) is 13.5. The predicted molar refractivity (Wildman–Crippen MR) is 114 cm³/mol. The molecule has 0 aliphatic heterocycles. The zero-order valence-corrected chi connectivity index (χ0v) is 17.8. The van der Waals surface area contributed by atoms with Gasteiger partial charge in [0.25, 0.3) is 5.56 Å². The molecule has 3 rings (SSSR count). The molecule has 0 bridgehead atoms. The number of hydrogen-bond acceptors (Lipinski definition) is 4. The fourth-order valence-electron chi connectivity index (χ4n) is 3.28. The Kier molecular flexibility index (Phi) is 7.13. The molecule has 1 fully saturated rings. The third-order valence-corrected chi connectivity index (χ3v) is 6.40. The fraction of sp³-hybridized carbons (Fsp3) is 0.571. The standard InChI is InChI=1S/C21H30N4O2S/c1-4-24(5-2)13-8-14-25-20(27)17-9-6-7-10-18(17)23-21(25)28-15(3)19(26)22-16-11-12-16/h6-7,9-10,15-16H,4-5,8,11-14H2,1-3H3,(H,22,26)/p+1/t15-/m0/s1. The van der Waals surface area contributed by atoms with Crippen LogP contribution in [-0.2, 0) is 11.3 Å². The van der Waals surface area contributed by atoms with Crippen molar-refractivity contribution in [2.24, 2.45) is 0 Å². The lowest BCUT2D eigenvalue weighted by molar-refractivity contribution is -0.896. The van der Waals surface area contributed by atoms with Crippen LogP contribution in [0.15, 0.2) is 34.2 Å². The first-order valence-electron chi connectivity index (χ1n) is 10.3. The largest absolute Gasteiger partial charge is 0.352 e. The molecule has 28 heavy (non-hydrogen) atoms. The van der Waals surface area contributed by atoms with Gasteiger partial charge in [0.2, 0.25) is 5.91 Å². The number of quaternary nitrogens is 1. The van der Waals surface area contributed by atoms with Gasteiger partial charge in [-0.15, -0.1) is 0 Å². The highest BCUT2D eigenvalue weighted by Gasteiger charge is 2.27. The molecule has 0 unspecified atom stereocenters. The van der Waals surface area contributed by atoms with Crippen molar-refractivity contribution < 1.29 is 9.69 Å². The predicted octanol–water partition coefficient (Wildman–Crippen LogP) is 1.47. The molecule has 6 nitrogen and oxygen atoms in total. The molecule has 0 radical (unpaired) electrons. The monoisotopic (exact) mass is 403 g/mol. The first-order valence-corrected chi connectivity index (χ1v) is 11.2. The molecule has 1 aromatic carbocycles. The molecular weight excluding hydrogens is 372 g/mol. The minimum absolute atomic E-state index is 0.0163. The Morgan fingerprint density at radius 1 is 1.32 bits per heavy atom. The summed E-state index contributed by atoms with van der Waals surface area (Å²) >= 11 is 1.38. The highest BCUT2D eigenvalue weighted by atomic mass is 32.2. The van der Waals surface area contributed by atoms with Crippen LogP contribution in [0, 0.1) is 0 Å². The molecule has 0 saturated heterocycles. The third-order valence-electron chi connectivity index (χ3n) is 5.31. The summed E-state index contributed by atoms with van der Waals surface area (Å²) in [7, 11) is 0. The van der Waals surface area contributed by atoms with Crippen molar-refractivity contribution >= 4 is 28.6 Å². The van der Waals surface area contributed by atoms with Gasteiger partial charge in [-0.25, -0.2) is 4.98 Å². The number of aromatic nitrogens is 2. The second kappa shape index (κ2) is 9.56. The SMILES string of the molecule is CC[NH+](CC)CCCn1c(S[C@@H](C)C(=O)NC2CC2)nc2ccccc2c1=O. The Morgan fingerprint density at radius 3 is 2.71 bits per heavy atom. The van der Waals surface area contributed by atoms with Gasteiger partial charge in [0, 0.05) is 19.0 Å². The summed E-state index contributed by atoms with van der Waals surface area (Å²) in [5.74, 6) is 0.0223. The first kappa shape index (κ1) is 20.9. The van der Waals surface area contributed by atoms with E-state index in [1.165, 1.54) is 16.7 Å². The lowest BCUT2D eigenvalue weighted by Crippen LogP contribution is -3.11. The van der Waals surface area contributed by atoms with Gasteiger partial charge >= 0.3 is 0 Å². The number of carbonyl (C=O) groups excluding carboxylic acids is 1. The van der Waals surface area contributed by atoms with E-state index in [0.717, 1.165) is 38.9 Å². The van der Waals surface area contributed by atoms with Crippen LogP contribution in [0.1, 0.15) is 40.0 Å². The van der Waals surface area contributed by atoms with E-state index in [4.69, 9.17) is 4.98 Å². The van der Waals surface area contributed by atoms with Crippen molar-refractivity contribution in [1.29, 1.82) is 0 Å². The van der Waals surface area contributed by atoms with Crippen molar-refractivity contribution in [1.82, 2.24) is 14.9 Å². The molecule has 1 heterocycles. The molecule has 0 spiro atoms. The van der Waals surface area contributed by atoms with Gasteiger partial charge in [-0.2, -0.15) is 0 Å². The zero-order valence-electron chi connectivity index (χ0n) is 17.0. The van der Waals surface area contributed by atoms with Crippen molar-refractivity contribution in [3.05, 3.63) is 34.6 Å². The summed E-state index contributed by atoms with van der Waals surface area (Å²) in [5.41, 5.74) is 0.674. The lowest BCUT2D eigenvalue weighted by Gasteiger charge is -2.18. The van der Waals surface area contributed by atoms with Crippen LogP contribution in [0.2, 0.25) is 0 Å². The summed E-state index contributed by atoms with van der Waals surface area (Å²) in [6, 6.07) is 7.78. The van der Waals surface area contributed by atoms with Crippen molar-refractivity contribution in [2.45, 2.75) is 63.0 Å². The molecule has 7 heteroatoms. The molecule has 1 aliphatic carbocycles. The zero-order chi connectivity index (χ0) is 20.1. The van der Waals surface area contributed by atoms with Gasteiger partial charge in [-0.3, -0.25) is 14.2 Å². The number of carbonyl (C=O) groups is 1. The van der Waals surface area contributed by atoms with Crippen molar-refractivity contribution in [3.63, 3.8) is 0 Å². The molecule has 1 atom stereocenters. The van der Waals surface area contributed by atoms with E-state index in [1.807, 2.05) is 31.2 Å². The molecular formula is C21H31N4O2S+. The highest BCUT2D eigenvalue weighted by Crippen LogP contribution is 2.25. The summed E-state index contributed by atoms with van der Waals surface area (Å²) in [4.78, 5) is 31.7. The normalized spacial score (nSPS) is 15.1. The second-order valence-electron chi connectivity index (χ2n) is 7.47. The second-order valence-corrected chi connectivity index (χ2v) is 8.78. The van der Waals surface area contributed by atoms with Gasteiger partial charge in [-0.1, -0.05) is 23.9 Å². The van der Waals surface area contributed by atoms with E-state index < -0.39 is 0 Å². The average Bonchev–Trinajstić information content (AvgIpc) is 3.51. The van der Waals surface area contributed by atoms with Crippen LogP contribution in [-0.4, -0.2) is 46.4 Å². The van der Waals surface area contributed by atoms with Gasteiger partial charge in [0.1, 0.15) is 0 Å². The maximum Gasteiger partial charge on any atom is 0.262 e. The number of nitrogens with one attached hydrogen (secondary N) is 2. The minimum atomic E-state index is -0.284. The van der Waals surface area contributed by atoms with Crippen molar-refractivity contribution in [3.8, 4) is 0 Å². The third kappa shape index (κ3) is 5.14. The Balaban J connectivity index is 1.83. The average molecular weight is 404 g/mol.